The number of benzene rings is 1. The minimum atomic E-state index is 0. The monoisotopic (exact) mass is 197 g/mol. The van der Waals surface area contributed by atoms with E-state index in [1.165, 1.54) is 24.1 Å². The summed E-state index contributed by atoms with van der Waals surface area (Å²) in [4.78, 5) is 0. The molecule has 13 heavy (non-hydrogen) atoms. The lowest BCUT2D eigenvalue weighted by molar-refractivity contribution is 0.608. The average molecular weight is 198 g/mol. The van der Waals surface area contributed by atoms with Gasteiger partial charge in [0.25, 0.3) is 0 Å². The van der Waals surface area contributed by atoms with Crippen LogP contribution < -0.4 is 5.32 Å². The molecule has 0 fully saturated rings. The molecular formula is C11H16ClN. The Morgan fingerprint density at radius 1 is 1.38 bits per heavy atom. The molecule has 1 aromatic rings. The van der Waals surface area contributed by atoms with E-state index >= 15 is 0 Å². The van der Waals surface area contributed by atoms with Crippen LogP contribution in [-0.2, 0) is 0 Å². The number of rotatable bonds is 1. The van der Waals surface area contributed by atoms with Gasteiger partial charge in [0.05, 0.1) is 0 Å². The molecule has 0 bridgehead atoms. The van der Waals surface area contributed by atoms with E-state index in [-0.39, 0.29) is 12.4 Å². The predicted molar refractivity (Wildman–Crippen MR) is 59.8 cm³/mol. The van der Waals surface area contributed by atoms with E-state index in [2.05, 4.69) is 36.5 Å². The molecule has 1 N–H and O–H groups in total. The van der Waals surface area contributed by atoms with Crippen LogP contribution in [0.5, 0.6) is 0 Å². The SMILES string of the molecule is CCC1CCNc2ccccc21.Cl. The Labute approximate surface area is 86.0 Å². The molecule has 0 saturated carbocycles. The van der Waals surface area contributed by atoms with E-state index in [0.29, 0.717) is 0 Å². The number of para-hydroxylation sites is 1. The smallest absolute Gasteiger partial charge is 0.0375 e. The molecule has 1 aromatic carbocycles. The van der Waals surface area contributed by atoms with E-state index in [4.69, 9.17) is 0 Å². The van der Waals surface area contributed by atoms with Crippen molar-refractivity contribution in [3.8, 4) is 0 Å². The summed E-state index contributed by atoms with van der Waals surface area (Å²) in [6.45, 7) is 3.41. The van der Waals surface area contributed by atoms with Gasteiger partial charge in [0.15, 0.2) is 0 Å². The van der Waals surface area contributed by atoms with Crippen LogP contribution in [0.15, 0.2) is 24.3 Å². The highest BCUT2D eigenvalue weighted by Crippen LogP contribution is 2.32. The van der Waals surface area contributed by atoms with Crippen LogP contribution in [0.1, 0.15) is 31.2 Å². The fourth-order valence-electron chi connectivity index (χ4n) is 1.97. The second-order valence-corrected chi connectivity index (χ2v) is 3.41. The summed E-state index contributed by atoms with van der Waals surface area (Å²) >= 11 is 0. The van der Waals surface area contributed by atoms with Crippen LogP contribution in [0, 0.1) is 0 Å². The lowest BCUT2D eigenvalue weighted by atomic mass is 9.89. The van der Waals surface area contributed by atoms with Crippen molar-refractivity contribution in [3.63, 3.8) is 0 Å². The Morgan fingerprint density at radius 2 is 2.15 bits per heavy atom. The van der Waals surface area contributed by atoms with Gasteiger partial charge >= 0.3 is 0 Å². The van der Waals surface area contributed by atoms with Crippen molar-refractivity contribution in [1.82, 2.24) is 0 Å². The Kier molecular flexibility index (Phi) is 3.61. The molecule has 0 amide bonds. The first-order valence-electron chi connectivity index (χ1n) is 4.74. The Balaban J connectivity index is 0.000000845. The number of halogens is 1. The zero-order valence-corrected chi connectivity index (χ0v) is 8.73. The number of fused-ring (bicyclic) bond motifs is 1. The van der Waals surface area contributed by atoms with E-state index < -0.39 is 0 Å². The third-order valence-corrected chi connectivity index (χ3v) is 2.70. The van der Waals surface area contributed by atoms with Gasteiger partial charge in [-0.2, -0.15) is 0 Å². The molecule has 0 aromatic heterocycles. The van der Waals surface area contributed by atoms with Crippen molar-refractivity contribution < 1.29 is 0 Å². The van der Waals surface area contributed by atoms with Gasteiger partial charge in [-0.3, -0.25) is 0 Å². The van der Waals surface area contributed by atoms with Crippen LogP contribution in [0.2, 0.25) is 0 Å². The van der Waals surface area contributed by atoms with Crippen molar-refractivity contribution in [1.29, 1.82) is 0 Å². The maximum absolute atomic E-state index is 3.43. The van der Waals surface area contributed by atoms with Gasteiger partial charge in [0, 0.05) is 12.2 Å². The second-order valence-electron chi connectivity index (χ2n) is 3.41. The summed E-state index contributed by atoms with van der Waals surface area (Å²) in [5, 5.41) is 3.43. The minimum absolute atomic E-state index is 0. The molecule has 1 heterocycles. The average Bonchev–Trinajstić information content (AvgIpc) is 2.17. The highest BCUT2D eigenvalue weighted by atomic mass is 35.5. The zero-order valence-electron chi connectivity index (χ0n) is 7.92. The maximum atomic E-state index is 3.43. The number of anilines is 1. The van der Waals surface area contributed by atoms with Crippen LogP contribution >= 0.6 is 12.4 Å². The van der Waals surface area contributed by atoms with E-state index in [0.717, 1.165) is 12.5 Å². The fraction of sp³-hybridized carbons (Fsp3) is 0.455. The predicted octanol–water partition coefficient (Wildman–Crippen LogP) is 3.42. The summed E-state index contributed by atoms with van der Waals surface area (Å²) in [6.07, 6.45) is 2.55. The molecule has 0 radical (unpaired) electrons. The molecule has 1 nitrogen and oxygen atoms in total. The summed E-state index contributed by atoms with van der Waals surface area (Å²) in [6, 6.07) is 8.66. The van der Waals surface area contributed by atoms with Gasteiger partial charge < -0.3 is 5.32 Å². The highest BCUT2D eigenvalue weighted by molar-refractivity contribution is 5.85. The molecule has 2 heteroatoms. The van der Waals surface area contributed by atoms with Crippen molar-refractivity contribution in [3.05, 3.63) is 29.8 Å². The van der Waals surface area contributed by atoms with Gasteiger partial charge in [-0.15, -0.1) is 12.4 Å². The van der Waals surface area contributed by atoms with Crippen LogP contribution in [0.4, 0.5) is 5.69 Å². The first-order valence-corrected chi connectivity index (χ1v) is 4.74. The summed E-state index contributed by atoms with van der Waals surface area (Å²) in [5.74, 6) is 0.780. The molecular weight excluding hydrogens is 182 g/mol. The molecule has 0 spiro atoms. The number of hydrogen-bond donors (Lipinski definition) is 1. The Bertz CT molecular complexity index is 273. The third-order valence-electron chi connectivity index (χ3n) is 2.70. The summed E-state index contributed by atoms with van der Waals surface area (Å²) in [7, 11) is 0. The van der Waals surface area contributed by atoms with Crippen molar-refractivity contribution in [2.45, 2.75) is 25.7 Å². The quantitative estimate of drug-likeness (QED) is 0.728. The molecule has 0 aliphatic carbocycles. The Hall–Kier alpha value is -0.690. The van der Waals surface area contributed by atoms with Crippen LogP contribution in [0.25, 0.3) is 0 Å². The Morgan fingerprint density at radius 3 is 2.92 bits per heavy atom. The second kappa shape index (κ2) is 4.52. The maximum Gasteiger partial charge on any atom is 0.0375 e. The molecule has 2 rings (SSSR count). The van der Waals surface area contributed by atoms with Gasteiger partial charge in [-0.25, -0.2) is 0 Å². The first kappa shape index (κ1) is 10.4. The molecule has 0 saturated heterocycles. The van der Waals surface area contributed by atoms with E-state index in [1.807, 2.05) is 0 Å². The first-order chi connectivity index (χ1) is 5.92. The van der Waals surface area contributed by atoms with E-state index in [1.54, 1.807) is 0 Å². The lowest BCUT2D eigenvalue weighted by Gasteiger charge is -2.25. The minimum Gasteiger partial charge on any atom is -0.385 e. The molecule has 1 aliphatic heterocycles. The molecule has 1 atom stereocenters. The highest BCUT2D eigenvalue weighted by Gasteiger charge is 2.16. The van der Waals surface area contributed by atoms with Crippen molar-refractivity contribution in [2.75, 3.05) is 11.9 Å². The molecule has 72 valence electrons. The molecule has 1 unspecified atom stereocenters. The summed E-state index contributed by atoms with van der Waals surface area (Å²) < 4.78 is 0. The van der Waals surface area contributed by atoms with Gasteiger partial charge in [-0.05, 0) is 30.4 Å². The van der Waals surface area contributed by atoms with Gasteiger partial charge in [0.2, 0.25) is 0 Å². The molecule has 1 aliphatic rings. The third kappa shape index (κ3) is 1.97. The van der Waals surface area contributed by atoms with Crippen molar-refractivity contribution in [2.24, 2.45) is 0 Å². The topological polar surface area (TPSA) is 12.0 Å². The van der Waals surface area contributed by atoms with E-state index in [9.17, 15) is 0 Å². The summed E-state index contributed by atoms with van der Waals surface area (Å²) in [5.41, 5.74) is 2.85. The van der Waals surface area contributed by atoms with Crippen LogP contribution in [0.3, 0.4) is 0 Å². The largest absolute Gasteiger partial charge is 0.385 e. The zero-order chi connectivity index (χ0) is 8.39. The van der Waals surface area contributed by atoms with Gasteiger partial charge in [0.1, 0.15) is 0 Å². The van der Waals surface area contributed by atoms with Gasteiger partial charge in [-0.1, -0.05) is 25.1 Å². The van der Waals surface area contributed by atoms with Crippen LogP contribution in [-0.4, -0.2) is 6.54 Å². The number of hydrogen-bond acceptors (Lipinski definition) is 1. The fourth-order valence-corrected chi connectivity index (χ4v) is 1.97. The lowest BCUT2D eigenvalue weighted by Crippen LogP contribution is -2.15. The van der Waals surface area contributed by atoms with Crippen molar-refractivity contribution >= 4 is 18.1 Å². The number of nitrogens with one attached hydrogen (secondary N) is 1. The normalized spacial score (nSPS) is 19.6. The standard InChI is InChI=1S/C11H15N.ClH/c1-2-9-7-8-12-11-6-4-3-5-10(9)11;/h3-6,9,12H,2,7-8H2,1H3;1H.